The predicted octanol–water partition coefficient (Wildman–Crippen LogP) is 5.64. The fourth-order valence-corrected chi connectivity index (χ4v) is 2.85. The molecule has 0 unspecified atom stereocenters. The van der Waals surface area contributed by atoms with Crippen molar-refractivity contribution in [3.63, 3.8) is 0 Å². The molecule has 7 heteroatoms. The lowest BCUT2D eigenvalue weighted by Crippen LogP contribution is -1.97. The van der Waals surface area contributed by atoms with Crippen molar-refractivity contribution in [2.24, 2.45) is 0 Å². The minimum Gasteiger partial charge on any atom is -0.263 e. The molecule has 2 nitrogen and oxygen atoms in total. The highest BCUT2D eigenvalue weighted by atomic mass is 79.9. The van der Waals surface area contributed by atoms with Crippen molar-refractivity contribution in [2.75, 3.05) is 0 Å². The molecular formula is C16H7BrClF3N2. The molecule has 23 heavy (non-hydrogen) atoms. The van der Waals surface area contributed by atoms with Gasteiger partial charge in [0.25, 0.3) is 0 Å². The van der Waals surface area contributed by atoms with Gasteiger partial charge >= 0.3 is 0 Å². The van der Waals surface area contributed by atoms with E-state index in [0.717, 1.165) is 0 Å². The predicted molar refractivity (Wildman–Crippen MR) is 85.5 cm³/mol. The molecule has 0 saturated heterocycles. The summed E-state index contributed by atoms with van der Waals surface area (Å²) < 4.78 is 41.9. The largest absolute Gasteiger partial charge is 0.263 e. The van der Waals surface area contributed by atoms with Crippen LogP contribution in [0, 0.1) is 17.5 Å². The zero-order valence-corrected chi connectivity index (χ0v) is 13.7. The van der Waals surface area contributed by atoms with Crippen LogP contribution in [0.2, 0.25) is 5.02 Å². The van der Waals surface area contributed by atoms with E-state index in [1.807, 2.05) is 0 Å². The highest BCUT2D eigenvalue weighted by molar-refractivity contribution is 9.10. The van der Waals surface area contributed by atoms with Crippen molar-refractivity contribution < 1.29 is 13.2 Å². The molecular weight excluding hydrogens is 393 g/mol. The first-order chi connectivity index (χ1) is 11.0. The molecule has 3 aromatic rings. The molecule has 0 atom stereocenters. The maximum Gasteiger partial charge on any atom is 0.136 e. The minimum atomic E-state index is -1.02. The molecule has 2 heterocycles. The van der Waals surface area contributed by atoms with Gasteiger partial charge < -0.3 is 0 Å². The van der Waals surface area contributed by atoms with E-state index in [4.69, 9.17) is 11.6 Å². The van der Waals surface area contributed by atoms with Crippen LogP contribution in [0.15, 0.2) is 47.3 Å². The molecule has 0 aliphatic heterocycles. The van der Waals surface area contributed by atoms with Gasteiger partial charge in [0.05, 0.1) is 16.3 Å². The van der Waals surface area contributed by atoms with Gasteiger partial charge in [-0.25, -0.2) is 13.2 Å². The van der Waals surface area contributed by atoms with Crippen LogP contribution in [-0.2, 0) is 0 Å². The normalized spacial score (nSPS) is 10.8. The van der Waals surface area contributed by atoms with E-state index < -0.39 is 17.5 Å². The summed E-state index contributed by atoms with van der Waals surface area (Å²) in [7, 11) is 0. The molecule has 0 saturated carbocycles. The van der Waals surface area contributed by atoms with E-state index in [-0.39, 0.29) is 11.1 Å². The number of benzene rings is 1. The highest BCUT2D eigenvalue weighted by Gasteiger charge is 2.20. The quantitative estimate of drug-likeness (QED) is 0.557. The summed E-state index contributed by atoms with van der Waals surface area (Å²) in [6.07, 6.45) is 4.20. The summed E-state index contributed by atoms with van der Waals surface area (Å²) >= 11 is 9.12. The standard InChI is InChI=1S/C16H7BrClF3N2/c17-11-7-22-6-10(15(11)14-2-1-8(18)5-23-14)16-12(20)3-9(19)4-13(16)21/h1-7H. The van der Waals surface area contributed by atoms with E-state index in [0.29, 0.717) is 32.9 Å². The molecule has 0 bridgehead atoms. The first kappa shape index (κ1) is 16.0. The first-order valence-corrected chi connectivity index (χ1v) is 7.55. The number of aromatic nitrogens is 2. The summed E-state index contributed by atoms with van der Waals surface area (Å²) in [6, 6.07) is 4.47. The third kappa shape index (κ3) is 3.09. The van der Waals surface area contributed by atoms with Crippen LogP contribution >= 0.6 is 27.5 Å². The van der Waals surface area contributed by atoms with Crippen LogP contribution in [0.3, 0.4) is 0 Å². The number of rotatable bonds is 2. The van der Waals surface area contributed by atoms with Crippen molar-refractivity contribution in [3.05, 3.63) is 69.8 Å². The van der Waals surface area contributed by atoms with Crippen LogP contribution in [0.1, 0.15) is 0 Å². The van der Waals surface area contributed by atoms with E-state index in [1.54, 1.807) is 12.1 Å². The fourth-order valence-electron chi connectivity index (χ4n) is 2.21. The number of hydrogen-bond acceptors (Lipinski definition) is 2. The molecule has 0 radical (unpaired) electrons. The first-order valence-electron chi connectivity index (χ1n) is 6.37. The molecule has 1 aromatic carbocycles. The maximum atomic E-state index is 14.1. The Morgan fingerprint density at radius 1 is 0.913 bits per heavy atom. The van der Waals surface area contributed by atoms with Crippen molar-refractivity contribution in [2.45, 2.75) is 0 Å². The lowest BCUT2D eigenvalue weighted by molar-refractivity contribution is 0.548. The second-order valence-corrected chi connectivity index (χ2v) is 5.94. The van der Waals surface area contributed by atoms with Crippen LogP contribution in [0.25, 0.3) is 22.4 Å². The topological polar surface area (TPSA) is 25.8 Å². The number of hydrogen-bond donors (Lipinski definition) is 0. The van der Waals surface area contributed by atoms with E-state index >= 15 is 0 Å². The van der Waals surface area contributed by atoms with E-state index in [9.17, 15) is 13.2 Å². The average molecular weight is 400 g/mol. The van der Waals surface area contributed by atoms with Crippen LogP contribution in [0.4, 0.5) is 13.2 Å². The van der Waals surface area contributed by atoms with Gasteiger partial charge in [0.2, 0.25) is 0 Å². The second-order valence-electron chi connectivity index (χ2n) is 4.65. The molecule has 0 N–H and O–H groups in total. The Kier molecular flexibility index (Phi) is 4.37. The van der Waals surface area contributed by atoms with Crippen LogP contribution < -0.4 is 0 Å². The van der Waals surface area contributed by atoms with E-state index in [2.05, 4.69) is 25.9 Å². The lowest BCUT2D eigenvalue weighted by Gasteiger charge is -2.12. The Morgan fingerprint density at radius 3 is 2.22 bits per heavy atom. The molecule has 0 amide bonds. The van der Waals surface area contributed by atoms with Gasteiger partial charge in [-0.3, -0.25) is 9.97 Å². The van der Waals surface area contributed by atoms with Gasteiger partial charge in [0, 0.05) is 46.3 Å². The van der Waals surface area contributed by atoms with Crippen molar-refractivity contribution in [1.29, 1.82) is 0 Å². The third-order valence-electron chi connectivity index (χ3n) is 3.16. The lowest BCUT2D eigenvalue weighted by atomic mass is 9.98. The SMILES string of the molecule is Fc1cc(F)c(-c2cncc(Br)c2-c2ccc(Cl)cn2)c(F)c1. The van der Waals surface area contributed by atoms with Gasteiger partial charge in [0.15, 0.2) is 0 Å². The zero-order valence-electron chi connectivity index (χ0n) is 11.3. The summed E-state index contributed by atoms with van der Waals surface area (Å²) in [5, 5.41) is 0.430. The molecule has 2 aromatic heterocycles. The Bertz CT molecular complexity index is 862. The monoisotopic (exact) mass is 398 g/mol. The van der Waals surface area contributed by atoms with Crippen molar-refractivity contribution >= 4 is 27.5 Å². The highest BCUT2D eigenvalue weighted by Crippen LogP contribution is 2.38. The van der Waals surface area contributed by atoms with Gasteiger partial charge in [-0.05, 0) is 28.1 Å². The third-order valence-corrected chi connectivity index (χ3v) is 3.98. The average Bonchev–Trinajstić information content (AvgIpc) is 2.48. The molecule has 3 rings (SSSR count). The van der Waals surface area contributed by atoms with Gasteiger partial charge in [-0.1, -0.05) is 11.6 Å². The van der Waals surface area contributed by atoms with Crippen LogP contribution in [-0.4, -0.2) is 9.97 Å². The molecule has 0 spiro atoms. The molecule has 0 aliphatic rings. The summed E-state index contributed by atoms with van der Waals surface area (Å²) in [5.74, 6) is -3.02. The fraction of sp³-hybridized carbons (Fsp3) is 0. The molecule has 116 valence electrons. The van der Waals surface area contributed by atoms with Gasteiger partial charge in [-0.2, -0.15) is 0 Å². The number of pyridine rings is 2. The van der Waals surface area contributed by atoms with E-state index in [1.165, 1.54) is 18.6 Å². The van der Waals surface area contributed by atoms with Gasteiger partial charge in [0.1, 0.15) is 17.5 Å². The second kappa shape index (κ2) is 6.29. The Morgan fingerprint density at radius 2 is 1.61 bits per heavy atom. The Labute approximate surface area is 143 Å². The molecule has 0 fully saturated rings. The molecule has 0 aliphatic carbocycles. The van der Waals surface area contributed by atoms with Gasteiger partial charge in [-0.15, -0.1) is 0 Å². The summed E-state index contributed by atoms with van der Waals surface area (Å²) in [4.78, 5) is 8.10. The number of nitrogens with zero attached hydrogens (tertiary/aromatic N) is 2. The van der Waals surface area contributed by atoms with Crippen molar-refractivity contribution in [1.82, 2.24) is 9.97 Å². The maximum absolute atomic E-state index is 14.1. The summed E-state index contributed by atoms with van der Waals surface area (Å²) in [5.41, 5.74) is 0.666. The Hall–Kier alpha value is -1.92. The smallest absolute Gasteiger partial charge is 0.136 e. The minimum absolute atomic E-state index is 0.157. The number of halogens is 5. The summed E-state index contributed by atoms with van der Waals surface area (Å²) in [6.45, 7) is 0. The van der Waals surface area contributed by atoms with Crippen molar-refractivity contribution in [3.8, 4) is 22.4 Å². The zero-order chi connectivity index (χ0) is 16.6. The van der Waals surface area contributed by atoms with Crippen LogP contribution in [0.5, 0.6) is 0 Å². The Balaban J connectivity index is 2.30.